The van der Waals surface area contributed by atoms with Crippen LogP contribution >= 0.6 is 0 Å². The zero-order chi connectivity index (χ0) is 14.6. The van der Waals surface area contributed by atoms with E-state index >= 15 is 0 Å². The third-order valence-corrected chi connectivity index (χ3v) is 4.95. The van der Waals surface area contributed by atoms with Crippen LogP contribution in [0.3, 0.4) is 0 Å². The maximum absolute atomic E-state index is 12.2. The van der Waals surface area contributed by atoms with Gasteiger partial charge in [-0.25, -0.2) is 0 Å². The summed E-state index contributed by atoms with van der Waals surface area (Å²) in [7, 11) is -2.08. The van der Waals surface area contributed by atoms with E-state index in [1.807, 2.05) is 30.3 Å². The first-order chi connectivity index (χ1) is 9.49. The van der Waals surface area contributed by atoms with Gasteiger partial charge in [-0.1, -0.05) is 30.3 Å². The molecular formula is C13H21N3O3S. The van der Waals surface area contributed by atoms with Crippen molar-refractivity contribution in [2.75, 3.05) is 20.1 Å². The van der Waals surface area contributed by atoms with E-state index in [0.29, 0.717) is 26.1 Å². The third kappa shape index (κ3) is 4.00. The van der Waals surface area contributed by atoms with Crippen molar-refractivity contribution in [1.82, 2.24) is 14.3 Å². The lowest BCUT2D eigenvalue weighted by Crippen LogP contribution is -2.56. The molecule has 20 heavy (non-hydrogen) atoms. The lowest BCUT2D eigenvalue weighted by Gasteiger charge is -2.30. The molecule has 0 aromatic heterocycles. The van der Waals surface area contributed by atoms with Crippen molar-refractivity contribution in [1.29, 1.82) is 0 Å². The standard InChI is InChI=1S/C13H21N3O3S/c1-16(10-11-5-3-2-4-6-11)20(18,19)15-12-9-14-8-7-13(12)17/h2-6,12-15,17H,7-10H2,1H3/t12-,13+/m0/s1. The van der Waals surface area contributed by atoms with Gasteiger partial charge in [-0.15, -0.1) is 0 Å². The van der Waals surface area contributed by atoms with Gasteiger partial charge in [0.05, 0.1) is 12.1 Å². The number of rotatable bonds is 5. The van der Waals surface area contributed by atoms with E-state index in [4.69, 9.17) is 0 Å². The SMILES string of the molecule is CN(Cc1ccccc1)S(=O)(=O)N[C@H]1CNCC[C@H]1O. The van der Waals surface area contributed by atoms with Crippen LogP contribution in [0.25, 0.3) is 0 Å². The van der Waals surface area contributed by atoms with Crippen LogP contribution in [-0.2, 0) is 16.8 Å². The molecule has 1 aliphatic heterocycles. The maximum Gasteiger partial charge on any atom is 0.279 e. The highest BCUT2D eigenvalue weighted by Gasteiger charge is 2.29. The Labute approximate surface area is 120 Å². The highest BCUT2D eigenvalue weighted by atomic mass is 32.2. The molecular weight excluding hydrogens is 278 g/mol. The van der Waals surface area contributed by atoms with Gasteiger partial charge in [-0.05, 0) is 18.5 Å². The van der Waals surface area contributed by atoms with E-state index in [1.54, 1.807) is 0 Å². The molecule has 1 heterocycles. The average Bonchev–Trinajstić information content (AvgIpc) is 2.42. The Balaban J connectivity index is 1.98. The van der Waals surface area contributed by atoms with Crippen LogP contribution in [0.5, 0.6) is 0 Å². The summed E-state index contributed by atoms with van der Waals surface area (Å²) < 4.78 is 28.3. The first kappa shape index (κ1) is 15.4. The van der Waals surface area contributed by atoms with Gasteiger partial charge < -0.3 is 10.4 Å². The predicted octanol–water partition coefficient (Wildman–Crippen LogP) is -0.324. The molecule has 1 aromatic rings. The second kappa shape index (κ2) is 6.64. The summed E-state index contributed by atoms with van der Waals surface area (Å²) in [6.07, 6.45) is -0.0913. The van der Waals surface area contributed by atoms with Gasteiger partial charge >= 0.3 is 0 Å². The van der Waals surface area contributed by atoms with Crippen molar-refractivity contribution in [2.45, 2.75) is 25.1 Å². The van der Waals surface area contributed by atoms with Crippen molar-refractivity contribution in [3.8, 4) is 0 Å². The molecule has 112 valence electrons. The van der Waals surface area contributed by atoms with Crippen molar-refractivity contribution >= 4 is 10.2 Å². The molecule has 0 unspecified atom stereocenters. The van der Waals surface area contributed by atoms with Crippen LogP contribution in [0.2, 0.25) is 0 Å². The van der Waals surface area contributed by atoms with Crippen LogP contribution in [0, 0.1) is 0 Å². The summed E-state index contributed by atoms with van der Waals surface area (Å²) in [4.78, 5) is 0. The Morgan fingerprint density at radius 3 is 2.75 bits per heavy atom. The Morgan fingerprint density at radius 1 is 1.40 bits per heavy atom. The monoisotopic (exact) mass is 299 g/mol. The van der Waals surface area contributed by atoms with Crippen LogP contribution in [0.15, 0.2) is 30.3 Å². The summed E-state index contributed by atoms with van der Waals surface area (Å²) in [6, 6.07) is 8.91. The van der Waals surface area contributed by atoms with E-state index in [2.05, 4.69) is 10.0 Å². The van der Waals surface area contributed by atoms with Crippen LogP contribution in [-0.4, -0.2) is 50.1 Å². The van der Waals surface area contributed by atoms with E-state index < -0.39 is 22.4 Å². The second-order valence-electron chi connectivity index (χ2n) is 5.03. The third-order valence-electron chi connectivity index (χ3n) is 3.40. The molecule has 2 rings (SSSR count). The van der Waals surface area contributed by atoms with E-state index in [1.165, 1.54) is 11.4 Å². The minimum Gasteiger partial charge on any atom is -0.391 e. The number of piperidine rings is 1. The number of hydrogen-bond donors (Lipinski definition) is 3. The number of benzene rings is 1. The lowest BCUT2D eigenvalue weighted by atomic mass is 10.1. The highest BCUT2D eigenvalue weighted by molar-refractivity contribution is 7.87. The van der Waals surface area contributed by atoms with Crippen LogP contribution < -0.4 is 10.0 Å². The highest BCUT2D eigenvalue weighted by Crippen LogP contribution is 2.09. The minimum atomic E-state index is -3.61. The molecule has 2 atom stereocenters. The Hall–Kier alpha value is -0.990. The molecule has 1 aromatic carbocycles. The van der Waals surface area contributed by atoms with Crippen molar-refractivity contribution in [3.63, 3.8) is 0 Å². The molecule has 1 saturated heterocycles. The Morgan fingerprint density at radius 2 is 2.10 bits per heavy atom. The van der Waals surface area contributed by atoms with Gasteiger partial charge in [0, 0.05) is 20.1 Å². The average molecular weight is 299 g/mol. The fourth-order valence-electron chi connectivity index (χ4n) is 2.17. The van der Waals surface area contributed by atoms with Gasteiger partial charge in [0.2, 0.25) is 0 Å². The zero-order valence-corrected chi connectivity index (χ0v) is 12.3. The molecule has 0 amide bonds. The summed E-state index contributed by atoms with van der Waals surface area (Å²) in [6.45, 7) is 1.45. The topological polar surface area (TPSA) is 81.7 Å². The molecule has 0 saturated carbocycles. The molecule has 0 radical (unpaired) electrons. The molecule has 1 aliphatic rings. The number of hydrogen-bond acceptors (Lipinski definition) is 4. The summed E-state index contributed by atoms with van der Waals surface area (Å²) >= 11 is 0. The van der Waals surface area contributed by atoms with Crippen molar-refractivity contribution in [2.24, 2.45) is 0 Å². The van der Waals surface area contributed by atoms with Crippen LogP contribution in [0.1, 0.15) is 12.0 Å². The van der Waals surface area contributed by atoms with Gasteiger partial charge in [-0.3, -0.25) is 0 Å². The molecule has 3 N–H and O–H groups in total. The van der Waals surface area contributed by atoms with Gasteiger partial charge in [0.1, 0.15) is 0 Å². The number of nitrogens with one attached hydrogen (secondary N) is 2. The molecule has 0 bridgehead atoms. The largest absolute Gasteiger partial charge is 0.391 e. The van der Waals surface area contributed by atoms with E-state index in [0.717, 1.165) is 5.56 Å². The van der Waals surface area contributed by atoms with Crippen molar-refractivity contribution < 1.29 is 13.5 Å². The second-order valence-corrected chi connectivity index (χ2v) is 6.84. The minimum absolute atomic E-state index is 0.298. The molecule has 0 aliphatic carbocycles. The van der Waals surface area contributed by atoms with E-state index in [9.17, 15) is 13.5 Å². The smallest absolute Gasteiger partial charge is 0.279 e. The Bertz CT molecular complexity index is 521. The number of aliphatic hydroxyl groups excluding tert-OH is 1. The zero-order valence-electron chi connectivity index (χ0n) is 11.5. The quantitative estimate of drug-likeness (QED) is 0.696. The number of nitrogens with zero attached hydrogens (tertiary/aromatic N) is 1. The normalized spacial score (nSPS) is 23.9. The Kier molecular flexibility index (Phi) is 5.11. The van der Waals surface area contributed by atoms with Gasteiger partial charge in [-0.2, -0.15) is 17.4 Å². The summed E-state index contributed by atoms with van der Waals surface area (Å²) in [5.41, 5.74) is 0.919. The lowest BCUT2D eigenvalue weighted by molar-refractivity contribution is 0.108. The van der Waals surface area contributed by atoms with E-state index in [-0.39, 0.29) is 0 Å². The van der Waals surface area contributed by atoms with Crippen molar-refractivity contribution in [3.05, 3.63) is 35.9 Å². The maximum atomic E-state index is 12.2. The molecule has 0 spiro atoms. The van der Waals surface area contributed by atoms with Crippen LogP contribution in [0.4, 0.5) is 0 Å². The summed E-state index contributed by atoms with van der Waals surface area (Å²) in [5.74, 6) is 0. The summed E-state index contributed by atoms with van der Waals surface area (Å²) in [5, 5.41) is 12.9. The van der Waals surface area contributed by atoms with Gasteiger partial charge in [0.25, 0.3) is 10.2 Å². The molecule has 1 fully saturated rings. The molecule has 7 heteroatoms. The van der Waals surface area contributed by atoms with Gasteiger partial charge in [0.15, 0.2) is 0 Å². The molecule has 6 nitrogen and oxygen atoms in total. The predicted molar refractivity (Wildman–Crippen MR) is 77.2 cm³/mol. The fourth-order valence-corrected chi connectivity index (χ4v) is 3.29. The fraction of sp³-hybridized carbons (Fsp3) is 0.538. The number of aliphatic hydroxyl groups is 1. The first-order valence-electron chi connectivity index (χ1n) is 6.65. The first-order valence-corrected chi connectivity index (χ1v) is 8.09.